The highest BCUT2D eigenvalue weighted by Gasteiger charge is 2.20. The molecule has 0 amide bonds. The molecule has 0 unspecified atom stereocenters. The second-order valence-corrected chi connectivity index (χ2v) is 4.63. The van der Waals surface area contributed by atoms with Gasteiger partial charge in [-0.2, -0.15) is 11.8 Å². The summed E-state index contributed by atoms with van der Waals surface area (Å²) in [6.07, 6.45) is 0. The first-order chi connectivity index (χ1) is 6.38. The lowest BCUT2D eigenvalue weighted by Crippen LogP contribution is -2.32. The molecule has 1 nitrogen and oxygen atoms in total. The van der Waals surface area contributed by atoms with Crippen LogP contribution in [0.4, 0.5) is 0 Å². The summed E-state index contributed by atoms with van der Waals surface area (Å²) in [6, 6.07) is 11.4. The van der Waals surface area contributed by atoms with Gasteiger partial charge in [-0.15, -0.1) is 0 Å². The Kier molecular flexibility index (Phi) is 2.91. The van der Waals surface area contributed by atoms with E-state index >= 15 is 0 Å². The molecule has 1 heterocycles. The molecular weight excluding hydrogens is 178 g/mol. The Morgan fingerprint density at radius 2 is 2.08 bits per heavy atom. The van der Waals surface area contributed by atoms with Gasteiger partial charge in [-0.3, -0.25) is 4.90 Å². The van der Waals surface area contributed by atoms with Crippen LogP contribution in [0.5, 0.6) is 0 Å². The van der Waals surface area contributed by atoms with E-state index in [4.69, 9.17) is 0 Å². The third-order valence-electron chi connectivity index (χ3n) is 2.58. The summed E-state index contributed by atoms with van der Waals surface area (Å²) < 4.78 is 0. The van der Waals surface area contributed by atoms with Gasteiger partial charge >= 0.3 is 0 Å². The molecule has 1 atom stereocenters. The summed E-state index contributed by atoms with van der Waals surface area (Å²) in [7, 11) is 2.22. The highest BCUT2D eigenvalue weighted by Crippen LogP contribution is 2.27. The van der Waals surface area contributed by atoms with Gasteiger partial charge in [0.15, 0.2) is 0 Å². The molecule has 1 aliphatic rings. The van der Waals surface area contributed by atoms with Gasteiger partial charge < -0.3 is 0 Å². The fraction of sp³-hybridized carbons (Fsp3) is 0.455. The van der Waals surface area contributed by atoms with Crippen molar-refractivity contribution in [3.63, 3.8) is 0 Å². The van der Waals surface area contributed by atoms with Crippen LogP contribution >= 0.6 is 11.8 Å². The first-order valence-electron chi connectivity index (χ1n) is 4.71. The lowest BCUT2D eigenvalue weighted by molar-refractivity contribution is 0.274. The normalized spacial score (nSPS) is 24.5. The topological polar surface area (TPSA) is 3.24 Å². The number of hydrogen-bond acceptors (Lipinski definition) is 2. The molecule has 0 bridgehead atoms. The first-order valence-corrected chi connectivity index (χ1v) is 5.86. The maximum atomic E-state index is 2.45. The number of nitrogens with zero attached hydrogens (tertiary/aromatic N) is 1. The summed E-state index contributed by atoms with van der Waals surface area (Å²) in [5.74, 6) is 2.51. The van der Waals surface area contributed by atoms with Crippen molar-refractivity contribution in [3.05, 3.63) is 35.9 Å². The van der Waals surface area contributed by atoms with Crippen LogP contribution in [0.2, 0.25) is 0 Å². The highest BCUT2D eigenvalue weighted by molar-refractivity contribution is 7.99. The minimum absolute atomic E-state index is 0.625. The second kappa shape index (κ2) is 4.16. The van der Waals surface area contributed by atoms with Crippen molar-refractivity contribution in [2.75, 3.05) is 25.1 Å². The zero-order valence-electron chi connectivity index (χ0n) is 7.94. The molecule has 2 heteroatoms. The molecular formula is C11H15NS. The fourth-order valence-corrected chi connectivity index (χ4v) is 2.97. The van der Waals surface area contributed by atoms with Crippen molar-refractivity contribution in [1.29, 1.82) is 0 Å². The highest BCUT2D eigenvalue weighted by atomic mass is 32.2. The van der Waals surface area contributed by atoms with Gasteiger partial charge in [0.05, 0.1) is 0 Å². The average molecular weight is 193 g/mol. The Morgan fingerprint density at radius 1 is 1.31 bits per heavy atom. The second-order valence-electron chi connectivity index (χ2n) is 3.48. The quantitative estimate of drug-likeness (QED) is 0.674. The first kappa shape index (κ1) is 9.10. The van der Waals surface area contributed by atoms with Crippen molar-refractivity contribution < 1.29 is 0 Å². The predicted octanol–water partition coefficient (Wildman–Crippen LogP) is 2.41. The van der Waals surface area contributed by atoms with E-state index in [9.17, 15) is 0 Å². The Morgan fingerprint density at radius 3 is 2.77 bits per heavy atom. The van der Waals surface area contributed by atoms with E-state index in [0.717, 1.165) is 0 Å². The van der Waals surface area contributed by atoms with Gasteiger partial charge in [0.2, 0.25) is 0 Å². The van der Waals surface area contributed by atoms with E-state index in [1.807, 2.05) is 0 Å². The van der Waals surface area contributed by atoms with Crippen LogP contribution in [0.15, 0.2) is 30.3 Å². The van der Waals surface area contributed by atoms with Gasteiger partial charge in [0.25, 0.3) is 0 Å². The van der Waals surface area contributed by atoms with Crippen molar-refractivity contribution >= 4 is 11.8 Å². The molecule has 0 saturated carbocycles. The lowest BCUT2D eigenvalue weighted by Gasteiger charge is -2.32. The van der Waals surface area contributed by atoms with Gasteiger partial charge in [-0.1, -0.05) is 30.3 Å². The largest absolute Gasteiger partial charge is 0.298 e. The monoisotopic (exact) mass is 193 g/mol. The molecule has 1 aliphatic heterocycles. The summed E-state index contributed by atoms with van der Waals surface area (Å²) in [4.78, 5) is 2.45. The molecule has 2 rings (SSSR count). The number of thioether (sulfide) groups is 1. The van der Waals surface area contributed by atoms with Crippen LogP contribution in [-0.4, -0.2) is 30.0 Å². The third kappa shape index (κ3) is 2.06. The molecule has 0 aliphatic carbocycles. The van der Waals surface area contributed by atoms with Crippen LogP contribution in [0.3, 0.4) is 0 Å². The maximum Gasteiger partial charge on any atom is 0.0435 e. The van der Waals surface area contributed by atoms with E-state index in [0.29, 0.717) is 6.04 Å². The van der Waals surface area contributed by atoms with Crippen LogP contribution in [0, 0.1) is 0 Å². The SMILES string of the molecule is CN1CCSC[C@@H]1c1ccccc1. The molecule has 0 N–H and O–H groups in total. The van der Waals surface area contributed by atoms with Gasteiger partial charge in [-0.25, -0.2) is 0 Å². The van der Waals surface area contributed by atoms with Crippen molar-refractivity contribution in [1.82, 2.24) is 4.90 Å². The number of benzene rings is 1. The van der Waals surface area contributed by atoms with Crippen LogP contribution in [0.25, 0.3) is 0 Å². The zero-order valence-corrected chi connectivity index (χ0v) is 8.76. The molecule has 1 saturated heterocycles. The van der Waals surface area contributed by atoms with Gasteiger partial charge in [0.1, 0.15) is 0 Å². The Hall–Kier alpha value is -0.470. The summed E-state index contributed by atoms with van der Waals surface area (Å²) in [5, 5.41) is 0. The predicted molar refractivity (Wildman–Crippen MR) is 59.1 cm³/mol. The van der Waals surface area contributed by atoms with Crippen molar-refractivity contribution in [2.45, 2.75) is 6.04 Å². The van der Waals surface area contributed by atoms with Gasteiger partial charge in [0, 0.05) is 24.1 Å². The molecule has 13 heavy (non-hydrogen) atoms. The lowest BCUT2D eigenvalue weighted by atomic mass is 10.1. The minimum atomic E-state index is 0.625. The van der Waals surface area contributed by atoms with E-state index in [-0.39, 0.29) is 0 Å². The van der Waals surface area contributed by atoms with E-state index < -0.39 is 0 Å². The van der Waals surface area contributed by atoms with Crippen LogP contribution in [0.1, 0.15) is 11.6 Å². The number of hydrogen-bond donors (Lipinski definition) is 0. The van der Waals surface area contributed by atoms with Gasteiger partial charge in [-0.05, 0) is 12.6 Å². The number of rotatable bonds is 1. The van der Waals surface area contributed by atoms with E-state index in [1.54, 1.807) is 0 Å². The fourth-order valence-electron chi connectivity index (χ4n) is 1.71. The standard InChI is InChI=1S/C11H15NS/c1-12-7-8-13-9-11(12)10-5-3-2-4-6-10/h2-6,11H,7-9H2,1H3/t11-/m1/s1. The van der Waals surface area contributed by atoms with E-state index in [1.165, 1.54) is 23.6 Å². The molecule has 0 spiro atoms. The molecule has 1 fully saturated rings. The zero-order chi connectivity index (χ0) is 9.10. The third-order valence-corrected chi connectivity index (χ3v) is 3.60. The Balaban J connectivity index is 2.15. The molecule has 0 radical (unpaired) electrons. The van der Waals surface area contributed by atoms with Crippen molar-refractivity contribution in [2.24, 2.45) is 0 Å². The van der Waals surface area contributed by atoms with Crippen LogP contribution < -0.4 is 0 Å². The van der Waals surface area contributed by atoms with E-state index in [2.05, 4.69) is 54.0 Å². The van der Waals surface area contributed by atoms with Crippen molar-refractivity contribution in [3.8, 4) is 0 Å². The Labute approximate surface area is 84.1 Å². The summed E-state index contributed by atoms with van der Waals surface area (Å²) >= 11 is 2.06. The average Bonchev–Trinajstić information content (AvgIpc) is 2.20. The smallest absolute Gasteiger partial charge is 0.0435 e. The molecule has 70 valence electrons. The Bertz CT molecular complexity index is 260. The summed E-state index contributed by atoms with van der Waals surface area (Å²) in [5.41, 5.74) is 1.46. The minimum Gasteiger partial charge on any atom is -0.298 e. The molecule has 1 aromatic rings. The molecule has 1 aromatic carbocycles. The summed E-state index contributed by atoms with van der Waals surface area (Å²) in [6.45, 7) is 1.21. The van der Waals surface area contributed by atoms with Crippen LogP contribution in [-0.2, 0) is 0 Å². The molecule has 0 aromatic heterocycles. The maximum absolute atomic E-state index is 2.45.